The van der Waals surface area contributed by atoms with Crippen molar-refractivity contribution in [1.29, 1.82) is 0 Å². The molecule has 1 aliphatic carbocycles. The van der Waals surface area contributed by atoms with Gasteiger partial charge in [0, 0.05) is 31.0 Å². The monoisotopic (exact) mass is 598 g/mol. The van der Waals surface area contributed by atoms with Gasteiger partial charge in [0.1, 0.15) is 18.7 Å². The molecule has 0 aromatic heterocycles. The minimum Gasteiger partial charge on any atom is -0.473 e. The van der Waals surface area contributed by atoms with E-state index >= 15 is 0 Å². The summed E-state index contributed by atoms with van der Waals surface area (Å²) in [6.07, 6.45) is 5.55. The third-order valence-corrected chi connectivity index (χ3v) is 8.67. The summed E-state index contributed by atoms with van der Waals surface area (Å²) in [7, 11) is 0. The first kappa shape index (κ1) is 31.2. The zero-order chi connectivity index (χ0) is 31.6. The molecule has 0 N–H and O–H groups in total. The Kier molecular flexibility index (Phi) is 9.04. The number of hydrazine groups is 1. The van der Waals surface area contributed by atoms with Gasteiger partial charge in [-0.05, 0) is 24.3 Å². The molecule has 44 heavy (non-hydrogen) atoms. The van der Waals surface area contributed by atoms with E-state index in [0.29, 0.717) is 17.9 Å². The van der Waals surface area contributed by atoms with Gasteiger partial charge >= 0.3 is 0 Å². The summed E-state index contributed by atoms with van der Waals surface area (Å²) in [5.41, 5.74) is 1.38. The lowest BCUT2D eigenvalue weighted by Gasteiger charge is -2.47. The Morgan fingerprint density at radius 1 is 0.977 bits per heavy atom. The number of rotatable bonds is 9. The molecule has 2 atom stereocenters. The molecule has 2 aliphatic heterocycles. The summed E-state index contributed by atoms with van der Waals surface area (Å²) in [5, 5.41) is 2.58. The molecule has 2 aromatic rings. The summed E-state index contributed by atoms with van der Waals surface area (Å²) in [6, 6.07) is 16.6. The SMILES string of the molecule is CC(=O)N([C@@H](Cc1ccccc1)C(=O)C1=NC2(CCCC2)CO1)N1C(=O)C(C(C)C)N(C(=O)C(C)C)C=C1c1ccccc1. The molecule has 9 nitrogen and oxygen atoms in total. The Hall–Kier alpha value is -4.27. The van der Waals surface area contributed by atoms with E-state index in [1.54, 1.807) is 20.0 Å². The number of carbonyl (C=O) groups excluding carboxylic acids is 4. The zero-order valence-electron chi connectivity index (χ0n) is 26.2. The van der Waals surface area contributed by atoms with Crippen molar-refractivity contribution in [3.8, 4) is 0 Å². The van der Waals surface area contributed by atoms with Crippen LogP contribution in [0.15, 0.2) is 71.9 Å². The molecule has 1 spiro atoms. The lowest BCUT2D eigenvalue weighted by atomic mass is 9.95. The number of benzene rings is 2. The van der Waals surface area contributed by atoms with Crippen LogP contribution in [0, 0.1) is 11.8 Å². The van der Waals surface area contributed by atoms with Crippen LogP contribution in [0.2, 0.25) is 0 Å². The van der Waals surface area contributed by atoms with Crippen molar-refractivity contribution in [3.63, 3.8) is 0 Å². The van der Waals surface area contributed by atoms with Crippen LogP contribution in [0.3, 0.4) is 0 Å². The molecule has 1 unspecified atom stereocenters. The number of aliphatic imine (C=N–C) groups is 1. The average Bonchev–Trinajstić information content (AvgIpc) is 3.66. The molecule has 1 fully saturated rings. The van der Waals surface area contributed by atoms with Crippen molar-refractivity contribution in [2.45, 2.75) is 84.3 Å². The van der Waals surface area contributed by atoms with Gasteiger partial charge in [-0.1, -0.05) is 101 Å². The number of Topliss-reactive ketones (excluding diaryl/α,β-unsaturated/α-hetero) is 1. The van der Waals surface area contributed by atoms with Crippen molar-refractivity contribution in [3.05, 3.63) is 78.0 Å². The standard InChI is InChI=1S/C35H42N4O5/c1-23(2)30-34(43)39(29(27-16-10-7-11-17-27)21-37(30)33(42)24(3)4)38(25(5)40)28(20-26-14-8-6-9-15-26)31(41)32-36-35(22-44-32)18-12-13-19-35/h6-11,14-17,21,23-24,28,30H,12-13,18-20,22H2,1-5H3/t28-,30?/m0/s1. The zero-order valence-corrected chi connectivity index (χ0v) is 26.2. The molecule has 0 bridgehead atoms. The fourth-order valence-corrected chi connectivity index (χ4v) is 6.43. The van der Waals surface area contributed by atoms with Gasteiger partial charge in [0.05, 0.1) is 11.2 Å². The molecule has 1 saturated carbocycles. The van der Waals surface area contributed by atoms with Crippen molar-refractivity contribution < 1.29 is 23.9 Å². The number of ketones is 1. The van der Waals surface area contributed by atoms with Crippen LogP contribution in [0.1, 0.15) is 71.4 Å². The smallest absolute Gasteiger partial charge is 0.269 e. The molecule has 9 heteroatoms. The van der Waals surface area contributed by atoms with Gasteiger partial charge in [-0.3, -0.25) is 19.2 Å². The van der Waals surface area contributed by atoms with E-state index in [0.717, 1.165) is 31.2 Å². The van der Waals surface area contributed by atoms with Crippen molar-refractivity contribution in [1.82, 2.24) is 14.9 Å². The largest absolute Gasteiger partial charge is 0.473 e. The minimum absolute atomic E-state index is 0.00537. The molecule has 0 saturated heterocycles. The second-order valence-corrected chi connectivity index (χ2v) is 12.7. The highest BCUT2D eigenvalue weighted by atomic mass is 16.5. The van der Waals surface area contributed by atoms with Crippen molar-refractivity contribution in [2.75, 3.05) is 6.61 Å². The summed E-state index contributed by atoms with van der Waals surface area (Å²) in [6.45, 7) is 9.02. The van der Waals surface area contributed by atoms with Crippen molar-refractivity contribution >= 4 is 35.1 Å². The second-order valence-electron chi connectivity index (χ2n) is 12.7. The van der Waals surface area contributed by atoms with Crippen LogP contribution in [0.25, 0.3) is 5.70 Å². The molecular formula is C35H42N4O5. The maximum absolute atomic E-state index is 14.7. The first-order chi connectivity index (χ1) is 21.0. The van der Waals surface area contributed by atoms with Crippen molar-refractivity contribution in [2.24, 2.45) is 16.8 Å². The Morgan fingerprint density at radius 2 is 1.59 bits per heavy atom. The minimum atomic E-state index is -1.12. The lowest BCUT2D eigenvalue weighted by molar-refractivity contribution is -0.168. The van der Waals surface area contributed by atoms with E-state index in [9.17, 15) is 19.2 Å². The van der Waals surface area contributed by atoms with Gasteiger partial charge in [-0.15, -0.1) is 0 Å². The first-order valence-corrected chi connectivity index (χ1v) is 15.6. The lowest BCUT2D eigenvalue weighted by Crippen LogP contribution is -2.64. The Morgan fingerprint density at radius 3 is 2.16 bits per heavy atom. The van der Waals surface area contributed by atoms with Crippen LogP contribution in [0.5, 0.6) is 0 Å². The van der Waals surface area contributed by atoms with E-state index in [1.165, 1.54) is 21.8 Å². The third-order valence-electron chi connectivity index (χ3n) is 8.67. The summed E-state index contributed by atoms with van der Waals surface area (Å²) in [5.74, 6) is -2.23. The number of hydrogen-bond donors (Lipinski definition) is 0. The summed E-state index contributed by atoms with van der Waals surface area (Å²) < 4.78 is 5.95. The van der Waals surface area contributed by atoms with Gasteiger partial charge in [0.25, 0.3) is 11.8 Å². The number of carbonyl (C=O) groups is 4. The molecule has 232 valence electrons. The van der Waals surface area contributed by atoms with E-state index in [4.69, 9.17) is 9.73 Å². The van der Waals surface area contributed by atoms with Crippen LogP contribution >= 0.6 is 0 Å². The van der Waals surface area contributed by atoms with Crippen LogP contribution in [-0.2, 0) is 30.3 Å². The van der Waals surface area contributed by atoms with Crippen LogP contribution < -0.4 is 0 Å². The van der Waals surface area contributed by atoms with E-state index in [1.807, 2.05) is 74.5 Å². The fourth-order valence-electron chi connectivity index (χ4n) is 6.43. The maximum atomic E-state index is 14.7. The Balaban J connectivity index is 1.67. The number of hydrogen-bond acceptors (Lipinski definition) is 6. The van der Waals surface area contributed by atoms with Gasteiger partial charge in [0.2, 0.25) is 17.6 Å². The predicted molar refractivity (Wildman–Crippen MR) is 168 cm³/mol. The highest BCUT2D eigenvalue weighted by molar-refractivity contribution is 6.39. The van der Waals surface area contributed by atoms with E-state index in [-0.39, 0.29) is 30.1 Å². The average molecular weight is 599 g/mol. The Bertz CT molecular complexity index is 1460. The second kappa shape index (κ2) is 12.8. The predicted octanol–water partition coefficient (Wildman–Crippen LogP) is 5.02. The van der Waals surface area contributed by atoms with E-state index in [2.05, 4.69) is 0 Å². The third kappa shape index (κ3) is 6.05. The van der Waals surface area contributed by atoms with Gasteiger partial charge < -0.3 is 9.64 Å². The number of ether oxygens (including phenoxy) is 1. The highest BCUT2D eigenvalue weighted by Gasteiger charge is 2.49. The molecule has 3 aliphatic rings. The van der Waals surface area contributed by atoms with Crippen LogP contribution in [-0.4, -0.2) is 68.5 Å². The molecule has 3 amide bonds. The van der Waals surface area contributed by atoms with Gasteiger partial charge in [-0.2, -0.15) is 0 Å². The highest BCUT2D eigenvalue weighted by Crippen LogP contribution is 2.38. The maximum Gasteiger partial charge on any atom is 0.269 e. The topological polar surface area (TPSA) is 99.6 Å². The summed E-state index contributed by atoms with van der Waals surface area (Å²) in [4.78, 5) is 62.6. The van der Waals surface area contributed by atoms with Gasteiger partial charge in [0.15, 0.2) is 0 Å². The molecule has 2 heterocycles. The fraction of sp³-hybridized carbons (Fsp3) is 0.457. The molecule has 0 radical (unpaired) electrons. The molecule has 5 rings (SSSR count). The van der Waals surface area contributed by atoms with Gasteiger partial charge in [-0.25, -0.2) is 15.0 Å². The molecule has 2 aromatic carbocycles. The normalized spacial score (nSPS) is 20.1. The number of amides is 3. The number of nitrogens with zero attached hydrogens (tertiary/aromatic N) is 4. The summed E-state index contributed by atoms with van der Waals surface area (Å²) >= 11 is 0. The van der Waals surface area contributed by atoms with Crippen LogP contribution in [0.4, 0.5) is 0 Å². The quantitative estimate of drug-likeness (QED) is 0.404. The van der Waals surface area contributed by atoms with E-state index < -0.39 is 35.2 Å². The molecular weight excluding hydrogens is 556 g/mol. The Labute approximate surface area is 259 Å². The first-order valence-electron chi connectivity index (χ1n) is 15.6.